The number of amides is 1. The summed E-state index contributed by atoms with van der Waals surface area (Å²) in [5.74, 6) is 0.748. The Morgan fingerprint density at radius 3 is 2.40 bits per heavy atom. The van der Waals surface area contributed by atoms with Gasteiger partial charge in [-0.15, -0.1) is 0 Å². The maximum absolute atomic E-state index is 12.8. The topological polar surface area (TPSA) is 49.3 Å². The summed E-state index contributed by atoms with van der Waals surface area (Å²) in [7, 11) is 0. The van der Waals surface area contributed by atoms with E-state index in [2.05, 4.69) is 52.1 Å². The lowest BCUT2D eigenvalue weighted by Gasteiger charge is -2.39. The van der Waals surface area contributed by atoms with Crippen molar-refractivity contribution in [1.29, 1.82) is 0 Å². The largest absolute Gasteiger partial charge is 0.336 e. The molecule has 1 aliphatic rings. The van der Waals surface area contributed by atoms with Crippen LogP contribution >= 0.6 is 0 Å². The lowest BCUT2D eigenvalue weighted by Crippen LogP contribution is -2.49. The van der Waals surface area contributed by atoms with Crippen molar-refractivity contribution in [3.63, 3.8) is 0 Å². The van der Waals surface area contributed by atoms with Crippen LogP contribution in [0.1, 0.15) is 46.8 Å². The number of aromatic nitrogens is 2. The van der Waals surface area contributed by atoms with Gasteiger partial charge in [-0.2, -0.15) is 0 Å². The van der Waals surface area contributed by atoms with Gasteiger partial charge in [0.05, 0.1) is 11.3 Å². The fourth-order valence-corrected chi connectivity index (χ4v) is 3.58. The van der Waals surface area contributed by atoms with E-state index < -0.39 is 0 Å². The van der Waals surface area contributed by atoms with Crippen molar-refractivity contribution in [1.82, 2.24) is 19.8 Å². The van der Waals surface area contributed by atoms with Gasteiger partial charge in [-0.05, 0) is 25.8 Å². The molecule has 1 amide bonds. The minimum absolute atomic E-state index is 0.0462. The Morgan fingerprint density at radius 1 is 1.12 bits per heavy atom. The molecule has 1 aromatic heterocycles. The van der Waals surface area contributed by atoms with Crippen molar-refractivity contribution in [3.05, 3.63) is 59.2 Å². The predicted molar refractivity (Wildman–Crippen MR) is 98.5 cm³/mol. The lowest BCUT2D eigenvalue weighted by atomic mass is 10.0. The molecule has 1 atom stereocenters. The first-order valence-electron chi connectivity index (χ1n) is 8.98. The molecule has 0 saturated carbocycles. The van der Waals surface area contributed by atoms with Crippen LogP contribution in [0.15, 0.2) is 36.5 Å². The molecule has 0 bridgehead atoms. The second-order valence-corrected chi connectivity index (χ2v) is 6.58. The van der Waals surface area contributed by atoms with E-state index in [0.717, 1.165) is 38.3 Å². The monoisotopic (exact) mass is 338 g/mol. The molecule has 132 valence electrons. The summed E-state index contributed by atoms with van der Waals surface area (Å²) in [6.07, 6.45) is 2.73. The Hall–Kier alpha value is -2.27. The van der Waals surface area contributed by atoms with Gasteiger partial charge in [-0.1, -0.05) is 37.3 Å². The number of nitrogens with zero attached hydrogens (tertiary/aromatic N) is 4. The molecule has 2 heterocycles. The molecule has 0 spiro atoms. The minimum atomic E-state index is 0.0462. The Bertz CT molecular complexity index is 724. The Labute approximate surface area is 149 Å². The van der Waals surface area contributed by atoms with E-state index in [4.69, 9.17) is 0 Å². The number of carbonyl (C=O) groups is 1. The summed E-state index contributed by atoms with van der Waals surface area (Å²) < 4.78 is 0. The van der Waals surface area contributed by atoms with Crippen molar-refractivity contribution < 1.29 is 4.79 Å². The summed E-state index contributed by atoms with van der Waals surface area (Å²) in [4.78, 5) is 25.7. The average Bonchev–Trinajstić information content (AvgIpc) is 2.63. The fourth-order valence-electron chi connectivity index (χ4n) is 3.58. The molecular formula is C20H26N4O. The van der Waals surface area contributed by atoms with Crippen LogP contribution in [-0.2, 0) is 0 Å². The van der Waals surface area contributed by atoms with Crippen LogP contribution in [0.3, 0.4) is 0 Å². The zero-order valence-electron chi connectivity index (χ0n) is 15.3. The smallest absolute Gasteiger partial charge is 0.257 e. The summed E-state index contributed by atoms with van der Waals surface area (Å²) >= 11 is 0. The second-order valence-electron chi connectivity index (χ2n) is 6.58. The number of hydrogen-bond donors (Lipinski definition) is 0. The first-order chi connectivity index (χ1) is 12.1. The third kappa shape index (κ3) is 3.87. The predicted octanol–water partition coefficient (Wildman–Crippen LogP) is 3.00. The Balaban J connectivity index is 1.66. The van der Waals surface area contributed by atoms with Crippen LogP contribution in [0.4, 0.5) is 0 Å². The molecule has 1 fully saturated rings. The van der Waals surface area contributed by atoms with Crippen molar-refractivity contribution in [2.24, 2.45) is 0 Å². The number of piperazine rings is 1. The van der Waals surface area contributed by atoms with Crippen LogP contribution in [0.2, 0.25) is 0 Å². The van der Waals surface area contributed by atoms with Crippen LogP contribution in [-0.4, -0.2) is 51.9 Å². The normalized spacial score (nSPS) is 16.7. The number of benzene rings is 1. The summed E-state index contributed by atoms with van der Waals surface area (Å²) in [6.45, 7) is 9.22. The van der Waals surface area contributed by atoms with Gasteiger partial charge in [-0.3, -0.25) is 9.69 Å². The van der Waals surface area contributed by atoms with E-state index in [1.165, 1.54) is 5.56 Å². The number of aryl methyl sites for hydroxylation is 2. The highest BCUT2D eigenvalue weighted by molar-refractivity contribution is 5.95. The van der Waals surface area contributed by atoms with Gasteiger partial charge in [0.2, 0.25) is 0 Å². The van der Waals surface area contributed by atoms with Crippen LogP contribution in [0.25, 0.3) is 0 Å². The quantitative estimate of drug-likeness (QED) is 0.860. The highest BCUT2D eigenvalue weighted by Gasteiger charge is 2.27. The molecule has 3 rings (SSSR count). The SMILES string of the molecule is CCC(c1ccccc1)N1CCN(C(=O)c2cnc(C)nc2C)CC1. The van der Waals surface area contributed by atoms with Gasteiger partial charge in [0.15, 0.2) is 0 Å². The number of hydrogen-bond acceptors (Lipinski definition) is 4. The van der Waals surface area contributed by atoms with E-state index in [1.54, 1.807) is 6.20 Å². The molecule has 5 nitrogen and oxygen atoms in total. The average molecular weight is 338 g/mol. The molecule has 5 heteroatoms. The second kappa shape index (κ2) is 7.74. The molecule has 1 unspecified atom stereocenters. The van der Waals surface area contributed by atoms with Crippen LogP contribution in [0, 0.1) is 13.8 Å². The highest BCUT2D eigenvalue weighted by Crippen LogP contribution is 2.25. The first-order valence-corrected chi connectivity index (χ1v) is 8.98. The van der Waals surface area contributed by atoms with E-state index in [-0.39, 0.29) is 5.91 Å². The van der Waals surface area contributed by atoms with Crippen LogP contribution in [0.5, 0.6) is 0 Å². The molecule has 0 radical (unpaired) electrons. The standard InChI is InChI=1S/C20H26N4O/c1-4-19(17-8-6-5-7-9-17)23-10-12-24(13-11-23)20(25)18-14-21-16(3)22-15(18)2/h5-9,14,19H,4,10-13H2,1-3H3. The van der Waals surface area contributed by atoms with Crippen molar-refractivity contribution >= 4 is 5.91 Å². The molecule has 1 aliphatic heterocycles. The third-order valence-corrected chi connectivity index (χ3v) is 4.94. The molecule has 1 saturated heterocycles. The number of rotatable bonds is 4. The van der Waals surface area contributed by atoms with Gasteiger partial charge in [0.25, 0.3) is 5.91 Å². The highest BCUT2D eigenvalue weighted by atomic mass is 16.2. The van der Waals surface area contributed by atoms with Crippen molar-refractivity contribution in [2.75, 3.05) is 26.2 Å². The van der Waals surface area contributed by atoms with Gasteiger partial charge in [0.1, 0.15) is 5.82 Å². The van der Waals surface area contributed by atoms with Crippen LogP contribution < -0.4 is 0 Å². The summed E-state index contributed by atoms with van der Waals surface area (Å²) in [5.41, 5.74) is 2.73. The van der Waals surface area contributed by atoms with Gasteiger partial charge in [0, 0.05) is 38.4 Å². The molecule has 0 aliphatic carbocycles. The first kappa shape index (κ1) is 17.5. The fraction of sp³-hybridized carbons (Fsp3) is 0.450. The van der Waals surface area contributed by atoms with E-state index in [1.807, 2.05) is 18.7 Å². The third-order valence-electron chi connectivity index (χ3n) is 4.94. The Kier molecular flexibility index (Phi) is 5.43. The van der Waals surface area contributed by atoms with Gasteiger partial charge in [-0.25, -0.2) is 9.97 Å². The van der Waals surface area contributed by atoms with E-state index in [9.17, 15) is 4.79 Å². The van der Waals surface area contributed by atoms with Gasteiger partial charge >= 0.3 is 0 Å². The van der Waals surface area contributed by atoms with E-state index in [0.29, 0.717) is 17.4 Å². The zero-order chi connectivity index (χ0) is 17.8. The zero-order valence-corrected chi connectivity index (χ0v) is 15.3. The molecule has 25 heavy (non-hydrogen) atoms. The molecule has 0 N–H and O–H groups in total. The van der Waals surface area contributed by atoms with E-state index >= 15 is 0 Å². The number of carbonyl (C=O) groups excluding carboxylic acids is 1. The van der Waals surface area contributed by atoms with Crippen molar-refractivity contribution in [3.8, 4) is 0 Å². The molecular weight excluding hydrogens is 312 g/mol. The minimum Gasteiger partial charge on any atom is -0.336 e. The maximum atomic E-state index is 12.8. The molecule has 1 aromatic carbocycles. The summed E-state index contributed by atoms with van der Waals surface area (Å²) in [6, 6.07) is 11.1. The lowest BCUT2D eigenvalue weighted by molar-refractivity contribution is 0.0561. The van der Waals surface area contributed by atoms with Gasteiger partial charge < -0.3 is 4.90 Å². The maximum Gasteiger partial charge on any atom is 0.257 e. The molecule has 2 aromatic rings. The summed E-state index contributed by atoms with van der Waals surface area (Å²) in [5, 5.41) is 0. The van der Waals surface area contributed by atoms with Crippen molar-refractivity contribution in [2.45, 2.75) is 33.2 Å². The Morgan fingerprint density at radius 2 is 1.80 bits per heavy atom.